The van der Waals surface area contributed by atoms with Crippen LogP contribution in [0.25, 0.3) is 49.8 Å². The lowest BCUT2D eigenvalue weighted by Crippen LogP contribution is -2.28. The third kappa shape index (κ3) is 5.86. The van der Waals surface area contributed by atoms with Crippen LogP contribution in [0.4, 0.5) is 17.1 Å². The number of hydrogen-bond acceptors (Lipinski definition) is 1. The number of rotatable bonds is 8. The lowest BCUT2D eigenvalue weighted by molar-refractivity contribution is 0.768. The van der Waals surface area contributed by atoms with Crippen LogP contribution in [0, 0.1) is 0 Å². The van der Waals surface area contributed by atoms with Crippen molar-refractivity contribution in [2.75, 3.05) is 4.90 Å². The van der Waals surface area contributed by atoms with E-state index in [9.17, 15) is 0 Å². The van der Waals surface area contributed by atoms with Gasteiger partial charge < -0.3 is 9.47 Å². The highest BCUT2D eigenvalue weighted by atomic mass is 15.1. The van der Waals surface area contributed by atoms with Crippen molar-refractivity contribution in [2.45, 2.75) is 18.3 Å². The summed E-state index contributed by atoms with van der Waals surface area (Å²) in [6.45, 7) is 0. The van der Waals surface area contributed by atoms with Crippen molar-refractivity contribution in [3.63, 3.8) is 0 Å². The lowest BCUT2D eigenvalue weighted by Gasteiger charge is -2.35. The predicted molar refractivity (Wildman–Crippen MR) is 264 cm³/mol. The van der Waals surface area contributed by atoms with Crippen LogP contribution in [0.5, 0.6) is 0 Å². The molecule has 0 spiro atoms. The van der Waals surface area contributed by atoms with Crippen molar-refractivity contribution >= 4 is 50.0 Å². The molecule has 298 valence electrons. The van der Waals surface area contributed by atoms with Crippen LogP contribution in [0.15, 0.2) is 243 Å². The van der Waals surface area contributed by atoms with Gasteiger partial charge in [0.1, 0.15) is 0 Å². The predicted octanol–water partition coefficient (Wildman–Crippen LogP) is 15.9. The van der Waals surface area contributed by atoms with Gasteiger partial charge in [0.05, 0.1) is 22.1 Å². The molecule has 1 heterocycles. The number of benzene rings is 9. The molecule has 0 amide bonds. The van der Waals surface area contributed by atoms with Gasteiger partial charge in [0, 0.05) is 33.4 Å². The molecule has 2 aliphatic carbocycles. The molecule has 0 saturated heterocycles. The molecule has 1 aromatic heterocycles. The quantitative estimate of drug-likeness (QED) is 0.149. The molecule has 12 rings (SSSR count). The fraction of sp³-hybridized carbons (Fsp3) is 0.0492. The average Bonchev–Trinajstić information content (AvgIpc) is 3.85. The maximum atomic E-state index is 2.48. The Morgan fingerprint density at radius 3 is 1.70 bits per heavy atom. The fourth-order valence-corrected chi connectivity index (χ4v) is 10.7. The molecule has 0 bridgehead atoms. The number of aromatic nitrogens is 1. The van der Waals surface area contributed by atoms with Gasteiger partial charge in [-0.25, -0.2) is 0 Å². The van der Waals surface area contributed by atoms with Crippen molar-refractivity contribution in [1.82, 2.24) is 4.57 Å². The number of nitrogens with zero attached hydrogens (tertiary/aromatic N) is 2. The molecule has 10 aromatic rings. The first-order valence-corrected chi connectivity index (χ1v) is 22.1. The van der Waals surface area contributed by atoms with Gasteiger partial charge in [0.2, 0.25) is 0 Å². The van der Waals surface area contributed by atoms with Gasteiger partial charge in [-0.2, -0.15) is 0 Å². The Kier molecular flexibility index (Phi) is 8.90. The van der Waals surface area contributed by atoms with Crippen LogP contribution in [0.3, 0.4) is 0 Å². The summed E-state index contributed by atoms with van der Waals surface area (Å²) in [6, 6.07) is 84.8. The first-order chi connectivity index (χ1) is 31.3. The van der Waals surface area contributed by atoms with Crippen LogP contribution in [-0.4, -0.2) is 4.57 Å². The van der Waals surface area contributed by atoms with E-state index in [1.54, 1.807) is 0 Å². The van der Waals surface area contributed by atoms with Crippen molar-refractivity contribution in [3.8, 4) is 16.8 Å². The Labute approximate surface area is 369 Å². The number of para-hydroxylation sites is 4. The SMILES string of the molecule is C1=C(c2ccc3c4ccccc4n(-c4ccccc4)c3c2)C(c2ccccc2N(c2ccccc2)c2ccc3c(c2)C(c2ccccc2)(c2ccccc2)c2ccccc2-3)=CCC1. The van der Waals surface area contributed by atoms with Crippen molar-refractivity contribution in [2.24, 2.45) is 0 Å². The number of allylic oxidation sites excluding steroid dienone is 4. The summed E-state index contributed by atoms with van der Waals surface area (Å²) in [5, 5.41) is 2.53. The minimum atomic E-state index is -0.505. The van der Waals surface area contributed by atoms with Gasteiger partial charge in [0.15, 0.2) is 0 Å². The van der Waals surface area contributed by atoms with Crippen molar-refractivity contribution < 1.29 is 0 Å². The molecule has 2 heteroatoms. The summed E-state index contributed by atoms with van der Waals surface area (Å²) in [7, 11) is 0. The van der Waals surface area contributed by atoms with Crippen molar-refractivity contribution in [1.29, 1.82) is 0 Å². The lowest BCUT2D eigenvalue weighted by atomic mass is 9.67. The molecule has 0 radical (unpaired) electrons. The molecular weight excluding hydrogens is 761 g/mol. The van der Waals surface area contributed by atoms with Gasteiger partial charge in [-0.05, 0) is 118 Å². The second-order valence-corrected chi connectivity index (χ2v) is 16.7. The largest absolute Gasteiger partial charge is 0.310 e. The minimum Gasteiger partial charge on any atom is -0.310 e. The van der Waals surface area contributed by atoms with Crippen LogP contribution < -0.4 is 4.90 Å². The number of hydrogen-bond donors (Lipinski definition) is 0. The molecule has 0 N–H and O–H groups in total. The molecule has 9 aromatic carbocycles. The van der Waals surface area contributed by atoms with E-state index in [1.807, 2.05) is 0 Å². The Hall–Kier alpha value is -7.94. The molecule has 0 aliphatic heterocycles. The monoisotopic (exact) mass is 804 g/mol. The zero-order chi connectivity index (χ0) is 41.7. The van der Waals surface area contributed by atoms with E-state index in [0.29, 0.717) is 0 Å². The zero-order valence-electron chi connectivity index (χ0n) is 34.9. The highest BCUT2D eigenvalue weighted by molar-refractivity contribution is 6.13. The topological polar surface area (TPSA) is 8.17 Å². The maximum absolute atomic E-state index is 2.48. The second kappa shape index (κ2) is 15.2. The van der Waals surface area contributed by atoms with Crippen LogP contribution >= 0.6 is 0 Å². The summed E-state index contributed by atoms with van der Waals surface area (Å²) in [4.78, 5) is 2.48. The highest BCUT2D eigenvalue weighted by Crippen LogP contribution is 2.57. The molecule has 0 atom stereocenters. The van der Waals surface area contributed by atoms with E-state index in [-0.39, 0.29) is 0 Å². The fourth-order valence-electron chi connectivity index (χ4n) is 10.7. The summed E-state index contributed by atoms with van der Waals surface area (Å²) in [5.74, 6) is 0. The molecule has 63 heavy (non-hydrogen) atoms. The van der Waals surface area contributed by atoms with Gasteiger partial charge in [-0.1, -0.05) is 188 Å². The van der Waals surface area contributed by atoms with E-state index in [4.69, 9.17) is 0 Å². The van der Waals surface area contributed by atoms with Crippen LogP contribution in [-0.2, 0) is 5.41 Å². The minimum absolute atomic E-state index is 0.505. The van der Waals surface area contributed by atoms with Gasteiger partial charge in [-0.15, -0.1) is 0 Å². The molecule has 0 saturated carbocycles. The molecular formula is C61H44N2. The summed E-state index contributed by atoms with van der Waals surface area (Å²) in [6.07, 6.45) is 6.90. The van der Waals surface area contributed by atoms with E-state index < -0.39 is 5.41 Å². The summed E-state index contributed by atoms with van der Waals surface area (Å²) < 4.78 is 2.42. The third-order valence-corrected chi connectivity index (χ3v) is 13.3. The van der Waals surface area contributed by atoms with E-state index in [0.717, 1.165) is 29.9 Å². The summed E-state index contributed by atoms with van der Waals surface area (Å²) >= 11 is 0. The number of fused-ring (bicyclic) bond motifs is 6. The molecule has 2 aliphatic rings. The van der Waals surface area contributed by atoms with E-state index in [1.165, 1.54) is 83.1 Å². The summed E-state index contributed by atoms with van der Waals surface area (Å²) in [5.41, 5.74) is 19.1. The maximum Gasteiger partial charge on any atom is 0.0714 e. The smallest absolute Gasteiger partial charge is 0.0714 e. The standard InChI is InChI=1S/C61H44N2/c1-5-21-44(22-6-1)61(45-23-7-2-8-24-45)56-34-18-15-31-51(56)52-40-38-48(42-57(52)61)62(46-25-9-3-10-26-46)58-35-19-16-32-53(58)50-30-14-13-29-49(50)43-37-39-55-54-33-17-20-36-59(54)63(60(55)41-43)47-27-11-4-12-28-47/h1-12,15-42H,13-14H2. The molecule has 0 unspecified atom stereocenters. The van der Waals surface area contributed by atoms with Crippen molar-refractivity contribution in [3.05, 3.63) is 276 Å². The first-order valence-electron chi connectivity index (χ1n) is 22.1. The van der Waals surface area contributed by atoms with E-state index >= 15 is 0 Å². The first kappa shape index (κ1) is 36.9. The Morgan fingerprint density at radius 1 is 0.381 bits per heavy atom. The Morgan fingerprint density at radius 2 is 0.952 bits per heavy atom. The van der Waals surface area contributed by atoms with E-state index in [2.05, 4.69) is 252 Å². The molecule has 0 fully saturated rings. The van der Waals surface area contributed by atoms with Gasteiger partial charge >= 0.3 is 0 Å². The Bertz CT molecular complexity index is 3340. The van der Waals surface area contributed by atoms with Gasteiger partial charge in [0.25, 0.3) is 0 Å². The normalized spacial score (nSPS) is 13.9. The van der Waals surface area contributed by atoms with Crippen LogP contribution in [0.1, 0.15) is 46.2 Å². The average molecular weight is 805 g/mol. The number of anilines is 3. The van der Waals surface area contributed by atoms with Crippen LogP contribution in [0.2, 0.25) is 0 Å². The highest BCUT2D eigenvalue weighted by Gasteiger charge is 2.46. The third-order valence-electron chi connectivity index (χ3n) is 13.3. The van der Waals surface area contributed by atoms with Gasteiger partial charge in [-0.3, -0.25) is 0 Å². The second-order valence-electron chi connectivity index (χ2n) is 16.7. The molecule has 2 nitrogen and oxygen atoms in total. The zero-order valence-corrected chi connectivity index (χ0v) is 34.9. The Balaban J connectivity index is 1.04.